The molecule has 0 bridgehead atoms. The van der Waals surface area contributed by atoms with Gasteiger partial charge in [0.15, 0.2) is 6.04 Å². The van der Waals surface area contributed by atoms with Crippen LogP contribution in [0.5, 0.6) is 0 Å². The summed E-state index contributed by atoms with van der Waals surface area (Å²) in [4.78, 5) is 23.0. The number of aryl methyl sites for hydroxylation is 1. The number of carbonyl (C=O) groups excluding carboxylic acids is 2. The first-order chi connectivity index (χ1) is 8.47. The predicted molar refractivity (Wildman–Crippen MR) is 72.1 cm³/mol. The van der Waals surface area contributed by atoms with Gasteiger partial charge in [0.2, 0.25) is 0 Å². The lowest BCUT2D eigenvalue weighted by Crippen LogP contribution is -2.43. The number of nitrogens with two attached hydrogens (primary N) is 1. The van der Waals surface area contributed by atoms with E-state index in [4.69, 9.17) is 5.73 Å². The molecule has 3 N–H and O–H groups in total. The van der Waals surface area contributed by atoms with Crippen molar-refractivity contribution in [3.8, 4) is 0 Å². The summed E-state index contributed by atoms with van der Waals surface area (Å²) in [5.74, 6) is -1.33. The number of hydrogen-bond donors (Lipinski definition) is 2. The molecule has 0 saturated heterocycles. The maximum atomic E-state index is 11.7. The smallest absolute Gasteiger partial charge is 0.332 e. The topological polar surface area (TPSA) is 81.4 Å². The van der Waals surface area contributed by atoms with Gasteiger partial charge < -0.3 is 15.8 Å². The molecule has 0 aliphatic heterocycles. The van der Waals surface area contributed by atoms with Gasteiger partial charge in [0.05, 0.1) is 12.3 Å². The quantitative estimate of drug-likeness (QED) is 0.653. The van der Waals surface area contributed by atoms with Crippen LogP contribution in [0, 0.1) is 6.92 Å². The van der Waals surface area contributed by atoms with Crippen molar-refractivity contribution in [3.63, 3.8) is 0 Å². The Morgan fingerprint density at radius 2 is 2.17 bits per heavy atom. The molecule has 6 heteroatoms. The van der Waals surface area contributed by atoms with Crippen molar-refractivity contribution >= 4 is 33.5 Å². The van der Waals surface area contributed by atoms with Gasteiger partial charge in [-0.1, -0.05) is 12.1 Å². The lowest BCUT2D eigenvalue weighted by Gasteiger charge is -2.13. The summed E-state index contributed by atoms with van der Waals surface area (Å²) in [7, 11) is 0. The van der Waals surface area contributed by atoms with E-state index in [0.29, 0.717) is 5.69 Å². The van der Waals surface area contributed by atoms with Gasteiger partial charge in [-0.25, -0.2) is 4.79 Å². The van der Waals surface area contributed by atoms with E-state index in [1.165, 1.54) is 0 Å². The number of benzene rings is 1. The molecule has 98 valence electrons. The van der Waals surface area contributed by atoms with Crippen LogP contribution in [0.15, 0.2) is 22.7 Å². The van der Waals surface area contributed by atoms with Crippen molar-refractivity contribution in [2.75, 3.05) is 11.9 Å². The van der Waals surface area contributed by atoms with E-state index in [-0.39, 0.29) is 6.61 Å². The molecule has 18 heavy (non-hydrogen) atoms. The zero-order valence-corrected chi connectivity index (χ0v) is 11.8. The van der Waals surface area contributed by atoms with Crippen molar-refractivity contribution < 1.29 is 14.3 Å². The number of esters is 1. The Bertz CT molecular complexity index is 463. The first kappa shape index (κ1) is 14.7. The fraction of sp³-hybridized carbons (Fsp3) is 0.333. The van der Waals surface area contributed by atoms with Crippen LogP contribution in [0.4, 0.5) is 5.69 Å². The van der Waals surface area contributed by atoms with Crippen LogP contribution in [-0.2, 0) is 14.3 Å². The largest absolute Gasteiger partial charge is 0.464 e. The summed E-state index contributed by atoms with van der Waals surface area (Å²) in [6.07, 6.45) is 0. The summed E-state index contributed by atoms with van der Waals surface area (Å²) >= 11 is 3.35. The van der Waals surface area contributed by atoms with E-state index in [1.54, 1.807) is 19.1 Å². The summed E-state index contributed by atoms with van der Waals surface area (Å²) in [6, 6.07) is 4.08. The third-order valence-electron chi connectivity index (χ3n) is 2.27. The van der Waals surface area contributed by atoms with E-state index >= 15 is 0 Å². The van der Waals surface area contributed by atoms with E-state index < -0.39 is 17.9 Å². The van der Waals surface area contributed by atoms with Crippen molar-refractivity contribution in [1.29, 1.82) is 0 Å². The molecule has 0 heterocycles. The maximum absolute atomic E-state index is 11.7. The van der Waals surface area contributed by atoms with E-state index in [0.717, 1.165) is 10.0 Å². The normalized spacial score (nSPS) is 11.8. The Kier molecular flexibility index (Phi) is 5.30. The van der Waals surface area contributed by atoms with Crippen LogP contribution in [0.25, 0.3) is 0 Å². The standard InChI is InChI=1S/C12H15BrN2O3/c1-3-18-12(17)10(14)11(16)15-8-6-4-5-7(2)9(8)13/h4-6,10H,3,14H2,1-2H3,(H,15,16). The van der Waals surface area contributed by atoms with E-state index in [1.807, 2.05) is 13.0 Å². The molecule has 1 atom stereocenters. The van der Waals surface area contributed by atoms with Gasteiger partial charge >= 0.3 is 5.97 Å². The second-order valence-electron chi connectivity index (χ2n) is 3.66. The monoisotopic (exact) mass is 314 g/mol. The molecule has 0 aliphatic rings. The average Bonchev–Trinajstić information content (AvgIpc) is 2.34. The number of hydrogen-bond acceptors (Lipinski definition) is 4. The minimum Gasteiger partial charge on any atom is -0.464 e. The highest BCUT2D eigenvalue weighted by Gasteiger charge is 2.23. The van der Waals surface area contributed by atoms with Crippen LogP contribution in [0.3, 0.4) is 0 Å². The summed E-state index contributed by atoms with van der Waals surface area (Å²) in [6.45, 7) is 3.73. The van der Waals surface area contributed by atoms with E-state index in [2.05, 4.69) is 26.0 Å². The molecule has 0 aromatic heterocycles. The third-order valence-corrected chi connectivity index (χ3v) is 3.33. The van der Waals surface area contributed by atoms with Gasteiger partial charge in [0, 0.05) is 4.47 Å². The fourth-order valence-corrected chi connectivity index (χ4v) is 1.66. The van der Waals surface area contributed by atoms with Crippen LogP contribution < -0.4 is 11.1 Å². The molecule has 0 aliphatic carbocycles. The zero-order valence-electron chi connectivity index (χ0n) is 10.2. The van der Waals surface area contributed by atoms with Gasteiger partial charge in [0.25, 0.3) is 5.91 Å². The molecule has 5 nitrogen and oxygen atoms in total. The maximum Gasteiger partial charge on any atom is 0.332 e. The molecule has 0 radical (unpaired) electrons. The van der Waals surface area contributed by atoms with Crippen molar-refractivity contribution in [2.45, 2.75) is 19.9 Å². The molecule has 1 amide bonds. The first-order valence-electron chi connectivity index (χ1n) is 5.45. The fourth-order valence-electron chi connectivity index (χ4n) is 1.29. The number of amides is 1. The lowest BCUT2D eigenvalue weighted by molar-refractivity contribution is -0.146. The van der Waals surface area contributed by atoms with Crippen LogP contribution in [0.2, 0.25) is 0 Å². The summed E-state index contributed by atoms with van der Waals surface area (Å²) in [5.41, 5.74) is 7.02. The Morgan fingerprint density at radius 3 is 2.78 bits per heavy atom. The molecule has 0 saturated carbocycles. The highest BCUT2D eigenvalue weighted by atomic mass is 79.9. The Labute approximate surface area is 114 Å². The molecular weight excluding hydrogens is 300 g/mol. The SMILES string of the molecule is CCOC(=O)C(N)C(=O)Nc1cccc(C)c1Br. The number of carbonyl (C=O) groups is 2. The molecule has 1 unspecified atom stereocenters. The Morgan fingerprint density at radius 1 is 1.50 bits per heavy atom. The number of ether oxygens (including phenoxy) is 1. The van der Waals surface area contributed by atoms with Crippen molar-refractivity contribution in [3.05, 3.63) is 28.2 Å². The first-order valence-corrected chi connectivity index (χ1v) is 6.24. The van der Waals surface area contributed by atoms with Gasteiger partial charge in [-0.15, -0.1) is 0 Å². The van der Waals surface area contributed by atoms with Gasteiger partial charge in [-0.2, -0.15) is 0 Å². The second kappa shape index (κ2) is 6.51. The van der Waals surface area contributed by atoms with Gasteiger partial charge in [-0.3, -0.25) is 4.79 Å². The highest BCUT2D eigenvalue weighted by Crippen LogP contribution is 2.25. The zero-order chi connectivity index (χ0) is 13.7. The molecular formula is C12H15BrN2O3. The summed E-state index contributed by atoms with van der Waals surface area (Å²) in [5, 5.41) is 2.58. The third kappa shape index (κ3) is 3.54. The molecule has 1 aromatic rings. The highest BCUT2D eigenvalue weighted by molar-refractivity contribution is 9.10. The minimum atomic E-state index is -1.32. The Balaban J connectivity index is 2.75. The molecule has 1 aromatic carbocycles. The minimum absolute atomic E-state index is 0.188. The van der Waals surface area contributed by atoms with E-state index in [9.17, 15) is 9.59 Å². The van der Waals surface area contributed by atoms with Gasteiger partial charge in [-0.05, 0) is 41.4 Å². The number of halogens is 1. The number of nitrogens with one attached hydrogen (secondary N) is 1. The number of anilines is 1. The van der Waals surface area contributed by atoms with Gasteiger partial charge in [0.1, 0.15) is 0 Å². The Hall–Kier alpha value is -1.40. The molecule has 0 spiro atoms. The molecule has 1 rings (SSSR count). The lowest BCUT2D eigenvalue weighted by atomic mass is 10.2. The van der Waals surface area contributed by atoms with Crippen LogP contribution >= 0.6 is 15.9 Å². The van der Waals surface area contributed by atoms with Crippen molar-refractivity contribution in [2.24, 2.45) is 5.73 Å². The number of rotatable bonds is 4. The predicted octanol–water partition coefficient (Wildman–Crippen LogP) is 1.59. The second-order valence-corrected chi connectivity index (χ2v) is 4.45. The van der Waals surface area contributed by atoms with Crippen LogP contribution in [-0.4, -0.2) is 24.5 Å². The summed E-state index contributed by atoms with van der Waals surface area (Å²) < 4.78 is 5.44. The van der Waals surface area contributed by atoms with Crippen LogP contribution in [0.1, 0.15) is 12.5 Å². The van der Waals surface area contributed by atoms with Crippen molar-refractivity contribution in [1.82, 2.24) is 0 Å². The molecule has 0 fully saturated rings. The average molecular weight is 315 g/mol.